The Bertz CT molecular complexity index is 856. The molecule has 0 saturated heterocycles. The van der Waals surface area contributed by atoms with E-state index >= 15 is 0 Å². The Morgan fingerprint density at radius 3 is 2.12 bits per heavy atom. The van der Waals surface area contributed by atoms with Crippen molar-refractivity contribution < 1.29 is 13.2 Å². The Morgan fingerprint density at radius 2 is 1.54 bits per heavy atom. The van der Waals surface area contributed by atoms with Crippen LogP contribution in [0.25, 0.3) is 11.3 Å². The first-order valence-corrected chi connectivity index (χ1v) is 7.46. The molecule has 0 N–H and O–H groups in total. The molecule has 0 unspecified atom stereocenters. The van der Waals surface area contributed by atoms with E-state index < -0.39 is 17.5 Å². The van der Waals surface area contributed by atoms with Crippen LogP contribution < -0.4 is 0 Å². The van der Waals surface area contributed by atoms with Gasteiger partial charge in [0.15, 0.2) is 0 Å². The molecule has 0 amide bonds. The van der Waals surface area contributed by atoms with E-state index in [0.717, 1.165) is 0 Å². The van der Waals surface area contributed by atoms with Crippen molar-refractivity contribution in [3.8, 4) is 0 Å². The number of halogens is 3. The Kier molecular flexibility index (Phi) is 4.06. The minimum Gasteiger partial charge on any atom is -0.342 e. The van der Waals surface area contributed by atoms with E-state index in [4.69, 9.17) is 0 Å². The van der Waals surface area contributed by atoms with Crippen molar-refractivity contribution in [2.24, 2.45) is 0 Å². The summed E-state index contributed by atoms with van der Waals surface area (Å²) >= 11 is 0. The lowest BCUT2D eigenvalue weighted by Gasteiger charge is -2.30. The van der Waals surface area contributed by atoms with Gasteiger partial charge in [-0.2, -0.15) is 0 Å². The standard InChI is InChI=1S/C20H16F3N/c1-12-9-17(22)19(18(23)10-12)20-15(14-7-5-4-6-8-14)11-16(21)13(2)24(20)3/h4-11H,2H2,1,3H3. The molecule has 0 saturated carbocycles. The van der Waals surface area contributed by atoms with Crippen LogP contribution in [0.2, 0.25) is 0 Å². The smallest absolute Gasteiger partial charge is 0.146 e. The molecule has 0 aliphatic carbocycles. The molecule has 0 spiro atoms. The number of likely N-dealkylation sites (N-methyl/N-ethyl adjacent to an activating group) is 1. The van der Waals surface area contributed by atoms with Crippen molar-refractivity contribution in [2.75, 3.05) is 7.05 Å². The zero-order valence-corrected chi connectivity index (χ0v) is 13.4. The maximum atomic E-state index is 14.5. The summed E-state index contributed by atoms with van der Waals surface area (Å²) in [5, 5.41) is 0. The van der Waals surface area contributed by atoms with Gasteiger partial charge in [-0.05, 0) is 36.3 Å². The van der Waals surface area contributed by atoms with Gasteiger partial charge in [-0.25, -0.2) is 13.2 Å². The summed E-state index contributed by atoms with van der Waals surface area (Å²) in [5.41, 5.74) is 1.68. The number of rotatable bonds is 2. The predicted octanol–water partition coefficient (Wildman–Crippen LogP) is 5.45. The lowest BCUT2D eigenvalue weighted by atomic mass is 9.94. The van der Waals surface area contributed by atoms with Crippen LogP contribution in [-0.2, 0) is 0 Å². The average Bonchev–Trinajstić information content (AvgIpc) is 2.54. The molecule has 0 fully saturated rings. The molecule has 0 aromatic heterocycles. The maximum absolute atomic E-state index is 14.5. The van der Waals surface area contributed by atoms with Crippen molar-refractivity contribution in [2.45, 2.75) is 6.92 Å². The summed E-state index contributed by atoms with van der Waals surface area (Å²) in [6.45, 7) is 5.28. The van der Waals surface area contributed by atoms with Crippen LogP contribution in [0, 0.1) is 18.6 Å². The highest BCUT2D eigenvalue weighted by Gasteiger charge is 2.28. The van der Waals surface area contributed by atoms with Crippen LogP contribution in [0.4, 0.5) is 13.2 Å². The quantitative estimate of drug-likeness (QED) is 0.708. The van der Waals surface area contributed by atoms with Crippen molar-refractivity contribution in [1.29, 1.82) is 0 Å². The minimum absolute atomic E-state index is 0.0593. The molecule has 1 aliphatic heterocycles. The number of benzene rings is 2. The highest BCUT2D eigenvalue weighted by atomic mass is 19.1. The van der Waals surface area contributed by atoms with Gasteiger partial charge in [0.1, 0.15) is 17.5 Å². The third-order valence-corrected chi connectivity index (χ3v) is 4.05. The summed E-state index contributed by atoms with van der Waals surface area (Å²) in [6, 6.07) is 11.5. The van der Waals surface area contributed by atoms with Crippen LogP contribution >= 0.6 is 0 Å². The van der Waals surface area contributed by atoms with Gasteiger partial charge in [0.25, 0.3) is 0 Å². The third-order valence-electron chi connectivity index (χ3n) is 4.05. The zero-order chi connectivity index (χ0) is 17.4. The number of nitrogens with zero attached hydrogens (tertiary/aromatic N) is 1. The fourth-order valence-corrected chi connectivity index (χ4v) is 2.82. The summed E-state index contributed by atoms with van der Waals surface area (Å²) in [5.74, 6) is -1.91. The maximum Gasteiger partial charge on any atom is 0.146 e. The molecule has 2 aromatic rings. The minimum atomic E-state index is -0.689. The number of allylic oxidation sites excluding steroid dienone is 3. The summed E-state index contributed by atoms with van der Waals surface area (Å²) in [4.78, 5) is 1.38. The van der Waals surface area contributed by atoms with E-state index in [0.29, 0.717) is 16.7 Å². The molecule has 0 bridgehead atoms. The van der Waals surface area contributed by atoms with Crippen LogP contribution in [0.1, 0.15) is 16.7 Å². The Labute approximate surface area is 139 Å². The molecule has 24 heavy (non-hydrogen) atoms. The lowest BCUT2D eigenvalue weighted by molar-refractivity contribution is 0.513. The Morgan fingerprint density at radius 1 is 0.958 bits per heavy atom. The van der Waals surface area contributed by atoms with E-state index in [9.17, 15) is 13.2 Å². The topological polar surface area (TPSA) is 3.24 Å². The third kappa shape index (κ3) is 2.64. The normalized spacial score (nSPS) is 15.0. The second kappa shape index (κ2) is 6.04. The van der Waals surface area contributed by atoms with Gasteiger partial charge in [-0.15, -0.1) is 0 Å². The molecule has 2 aromatic carbocycles. The van der Waals surface area contributed by atoms with Gasteiger partial charge in [-0.1, -0.05) is 36.9 Å². The largest absolute Gasteiger partial charge is 0.342 e. The molecular weight excluding hydrogens is 311 g/mol. The van der Waals surface area contributed by atoms with Crippen molar-refractivity contribution in [1.82, 2.24) is 4.90 Å². The summed E-state index contributed by atoms with van der Waals surface area (Å²) in [7, 11) is 1.55. The van der Waals surface area contributed by atoms with E-state index in [1.165, 1.54) is 23.1 Å². The Balaban J connectivity index is 2.36. The first-order chi connectivity index (χ1) is 11.4. The van der Waals surface area contributed by atoms with E-state index in [2.05, 4.69) is 6.58 Å². The first kappa shape index (κ1) is 16.1. The molecule has 0 atom stereocenters. The number of hydrogen-bond acceptors (Lipinski definition) is 1. The predicted molar refractivity (Wildman–Crippen MR) is 90.4 cm³/mol. The van der Waals surface area contributed by atoms with Gasteiger partial charge < -0.3 is 4.90 Å². The van der Waals surface area contributed by atoms with Crippen molar-refractivity contribution in [3.63, 3.8) is 0 Å². The van der Waals surface area contributed by atoms with Crippen LogP contribution in [0.5, 0.6) is 0 Å². The second-order valence-corrected chi connectivity index (χ2v) is 5.73. The average molecular weight is 327 g/mol. The summed E-state index contributed by atoms with van der Waals surface area (Å²) < 4.78 is 43.3. The van der Waals surface area contributed by atoms with Gasteiger partial charge in [0.05, 0.1) is 17.0 Å². The van der Waals surface area contributed by atoms with E-state index in [1.54, 1.807) is 38.2 Å². The monoisotopic (exact) mass is 327 g/mol. The molecule has 4 heteroatoms. The lowest BCUT2D eigenvalue weighted by Crippen LogP contribution is -2.22. The highest BCUT2D eigenvalue weighted by Crippen LogP contribution is 2.40. The van der Waals surface area contributed by atoms with Gasteiger partial charge >= 0.3 is 0 Å². The molecule has 3 rings (SSSR count). The molecule has 1 nitrogen and oxygen atoms in total. The van der Waals surface area contributed by atoms with E-state index in [-0.39, 0.29) is 17.0 Å². The second-order valence-electron chi connectivity index (χ2n) is 5.73. The molecule has 122 valence electrons. The molecule has 1 aliphatic rings. The number of aryl methyl sites for hydroxylation is 1. The number of hydrogen-bond donors (Lipinski definition) is 0. The zero-order valence-electron chi connectivity index (χ0n) is 13.4. The highest BCUT2D eigenvalue weighted by molar-refractivity contribution is 5.97. The molecule has 1 heterocycles. The van der Waals surface area contributed by atoms with E-state index in [1.807, 2.05) is 6.07 Å². The molecular formula is C20H16F3N. The fraction of sp³-hybridized carbons (Fsp3) is 0.100. The van der Waals surface area contributed by atoms with Crippen LogP contribution in [0.3, 0.4) is 0 Å². The van der Waals surface area contributed by atoms with Crippen LogP contribution in [-0.4, -0.2) is 11.9 Å². The Hall–Kier alpha value is -2.75. The van der Waals surface area contributed by atoms with Crippen LogP contribution in [0.15, 0.2) is 66.6 Å². The SMILES string of the molecule is C=C1C(F)=CC(c2ccccc2)=C(c2c(F)cc(C)cc2F)N1C. The summed E-state index contributed by atoms with van der Waals surface area (Å²) in [6.07, 6.45) is 1.27. The fourth-order valence-electron chi connectivity index (χ4n) is 2.82. The van der Waals surface area contributed by atoms with Crippen molar-refractivity contribution >= 4 is 11.3 Å². The first-order valence-electron chi connectivity index (χ1n) is 7.46. The van der Waals surface area contributed by atoms with Gasteiger partial charge in [0, 0.05) is 12.6 Å². The molecule has 0 radical (unpaired) electrons. The van der Waals surface area contributed by atoms with Gasteiger partial charge in [-0.3, -0.25) is 0 Å². The van der Waals surface area contributed by atoms with Gasteiger partial charge in [0.2, 0.25) is 0 Å². The van der Waals surface area contributed by atoms with Crippen molar-refractivity contribution in [3.05, 3.63) is 95.0 Å².